The van der Waals surface area contributed by atoms with Crippen LogP contribution in [0.2, 0.25) is 4.31 Å². The van der Waals surface area contributed by atoms with Gasteiger partial charge in [0.1, 0.15) is 0 Å². The van der Waals surface area contributed by atoms with Crippen LogP contribution in [-0.2, 0) is 10.0 Å². The van der Waals surface area contributed by atoms with Gasteiger partial charge in [-0.25, -0.2) is 0 Å². The molecule has 0 saturated heterocycles. The van der Waals surface area contributed by atoms with Gasteiger partial charge in [0.25, 0.3) is 0 Å². The summed E-state index contributed by atoms with van der Waals surface area (Å²) < 4.78 is 29.4. The molecule has 1 saturated carbocycles. The molecular weight excluding hydrogens is 421 g/mol. The molecule has 1 fully saturated rings. The molecule has 0 atom stereocenters. The Bertz CT molecular complexity index is 896. The van der Waals surface area contributed by atoms with Crippen molar-refractivity contribution >= 4 is 29.4 Å². The van der Waals surface area contributed by atoms with Gasteiger partial charge >= 0.3 is 170 Å². The quantitative estimate of drug-likeness (QED) is 0.483. The van der Waals surface area contributed by atoms with E-state index in [2.05, 4.69) is 30.2 Å². The first-order chi connectivity index (χ1) is 13.0. The topological polar surface area (TPSA) is 37.4 Å². The molecular formula is C22H25NO2SSe. The zero-order valence-corrected chi connectivity index (χ0v) is 18.1. The van der Waals surface area contributed by atoms with Crippen molar-refractivity contribution < 1.29 is 8.42 Å². The minimum absolute atomic E-state index is 0.0168. The fourth-order valence-corrected chi connectivity index (χ4v) is 8.34. The Morgan fingerprint density at radius 1 is 1.07 bits per heavy atom. The maximum atomic E-state index is 13.3. The van der Waals surface area contributed by atoms with Crippen molar-refractivity contribution in [3.05, 3.63) is 60.2 Å². The molecule has 1 aliphatic rings. The number of hydrogen-bond donors (Lipinski definition) is 0. The molecule has 0 spiro atoms. The molecule has 0 bridgehead atoms. The zero-order valence-electron chi connectivity index (χ0n) is 15.6. The van der Waals surface area contributed by atoms with E-state index < -0.39 is 10.0 Å². The Kier molecular flexibility index (Phi) is 6.44. The molecule has 5 heteroatoms. The first-order valence-electron chi connectivity index (χ1n) is 9.20. The van der Waals surface area contributed by atoms with Crippen LogP contribution in [0.15, 0.2) is 59.5 Å². The van der Waals surface area contributed by atoms with Gasteiger partial charge in [-0.05, 0) is 0 Å². The summed E-state index contributed by atoms with van der Waals surface area (Å²) in [5.74, 6) is 2.56. The Balaban J connectivity index is 1.89. The summed E-state index contributed by atoms with van der Waals surface area (Å²) in [6.45, 7) is 2.57. The van der Waals surface area contributed by atoms with Crippen molar-refractivity contribution in [1.82, 2.24) is 4.31 Å². The second-order valence-corrected chi connectivity index (χ2v) is 12.3. The van der Waals surface area contributed by atoms with Gasteiger partial charge in [0.2, 0.25) is 0 Å². The van der Waals surface area contributed by atoms with Crippen LogP contribution in [0.25, 0.3) is 0 Å². The van der Waals surface area contributed by atoms with E-state index in [1.54, 1.807) is 12.1 Å². The molecule has 3 nitrogen and oxygen atoms in total. The summed E-state index contributed by atoms with van der Waals surface area (Å²) in [5.41, 5.74) is 1.04. The van der Waals surface area contributed by atoms with Crippen molar-refractivity contribution in [2.45, 2.75) is 41.8 Å². The maximum absolute atomic E-state index is 13.3. The van der Waals surface area contributed by atoms with Crippen LogP contribution in [0.4, 0.5) is 0 Å². The van der Waals surface area contributed by atoms with E-state index in [1.165, 1.54) is 8.77 Å². The normalized spacial score (nSPS) is 16.3. The van der Waals surface area contributed by atoms with Crippen LogP contribution < -0.4 is 4.46 Å². The number of benzene rings is 2. The molecule has 2 aromatic carbocycles. The molecule has 27 heavy (non-hydrogen) atoms. The van der Waals surface area contributed by atoms with Gasteiger partial charge in [-0.15, -0.1) is 0 Å². The number of terminal acetylenes is 1. The fraction of sp³-hybridized carbons (Fsp3) is 0.364. The van der Waals surface area contributed by atoms with Gasteiger partial charge in [0, 0.05) is 0 Å². The van der Waals surface area contributed by atoms with Crippen LogP contribution in [-0.4, -0.2) is 40.8 Å². The molecule has 0 aromatic heterocycles. The predicted molar refractivity (Wildman–Crippen MR) is 112 cm³/mol. The van der Waals surface area contributed by atoms with E-state index in [4.69, 9.17) is 6.42 Å². The van der Waals surface area contributed by atoms with Gasteiger partial charge in [-0.3, -0.25) is 0 Å². The molecule has 0 aliphatic heterocycles. The second-order valence-electron chi connectivity index (χ2n) is 7.10. The fourth-order valence-electron chi connectivity index (χ4n) is 3.56. The number of nitrogens with zero attached hydrogens (tertiary/aromatic N) is 1. The number of rotatable bonds is 7. The van der Waals surface area contributed by atoms with Crippen LogP contribution >= 0.6 is 0 Å². The first-order valence-corrected chi connectivity index (χ1v) is 12.3. The molecule has 142 valence electrons. The summed E-state index contributed by atoms with van der Waals surface area (Å²) in [6, 6.07) is 17.5. The Morgan fingerprint density at radius 2 is 1.70 bits per heavy atom. The average molecular weight is 446 g/mol. The van der Waals surface area contributed by atoms with Crippen molar-refractivity contribution in [2.24, 2.45) is 0 Å². The number of aryl methyl sites for hydroxylation is 1. The Hall–Kier alpha value is -1.57. The van der Waals surface area contributed by atoms with Crippen molar-refractivity contribution in [1.29, 1.82) is 0 Å². The molecule has 0 heterocycles. The average Bonchev–Trinajstić information content (AvgIpc) is 3.11. The Morgan fingerprint density at radius 3 is 2.30 bits per heavy atom. The summed E-state index contributed by atoms with van der Waals surface area (Å²) in [4.78, 5) is 0.323. The Labute approximate surface area is 169 Å². The van der Waals surface area contributed by atoms with E-state index in [9.17, 15) is 8.42 Å². The molecule has 0 N–H and O–H groups in total. The third-order valence-corrected chi connectivity index (χ3v) is 9.89. The van der Waals surface area contributed by atoms with Crippen LogP contribution in [0, 0.1) is 19.3 Å². The van der Waals surface area contributed by atoms with Crippen LogP contribution in [0.5, 0.6) is 0 Å². The van der Waals surface area contributed by atoms with Crippen LogP contribution in [0.3, 0.4) is 0 Å². The summed E-state index contributed by atoms with van der Waals surface area (Å²) in [7, 11) is -3.60. The third kappa shape index (κ3) is 4.83. The molecule has 3 rings (SSSR count). The second kappa shape index (κ2) is 8.63. The summed E-state index contributed by atoms with van der Waals surface area (Å²) >= 11 is 0.209. The molecule has 0 amide bonds. The molecule has 0 unspecified atom stereocenters. The van der Waals surface area contributed by atoms with Gasteiger partial charge in [0.15, 0.2) is 0 Å². The molecule has 0 radical (unpaired) electrons. The van der Waals surface area contributed by atoms with Crippen molar-refractivity contribution in [3.63, 3.8) is 0 Å². The summed E-state index contributed by atoms with van der Waals surface area (Å²) in [6.07, 6.45) is 9.98. The van der Waals surface area contributed by atoms with Crippen molar-refractivity contribution in [2.75, 3.05) is 13.1 Å². The van der Waals surface area contributed by atoms with Gasteiger partial charge in [0.05, 0.1) is 0 Å². The third-order valence-electron chi connectivity index (χ3n) is 4.98. The zero-order chi connectivity index (χ0) is 19.3. The van der Waals surface area contributed by atoms with E-state index in [1.807, 2.05) is 25.1 Å². The van der Waals surface area contributed by atoms with E-state index in [0.717, 1.165) is 31.2 Å². The monoisotopic (exact) mass is 447 g/mol. The van der Waals surface area contributed by atoms with E-state index >= 15 is 0 Å². The van der Waals surface area contributed by atoms with E-state index in [0.29, 0.717) is 11.4 Å². The molecule has 2 aromatic rings. The molecule has 1 aliphatic carbocycles. The summed E-state index contributed by atoms with van der Waals surface area (Å²) in [5, 5.41) is 0. The standard InChI is InChI=1S/C22H25NO2SSe/c1-3-17-23(26(24,25)20-13-11-19(2)12-14-20)18-22(15-7-8-16-22)27-21-9-5-4-6-10-21/h1,4-6,9-14H,7-8,15-18H2,2H3. The number of hydrogen-bond acceptors (Lipinski definition) is 2. The van der Waals surface area contributed by atoms with Gasteiger partial charge in [-0.1, -0.05) is 0 Å². The SMILES string of the molecule is C#CCN(CC1([Se]c2ccccc2)CCCC1)S(=O)(=O)c1ccc(C)cc1. The van der Waals surface area contributed by atoms with Crippen molar-refractivity contribution in [3.8, 4) is 12.3 Å². The van der Waals surface area contributed by atoms with Gasteiger partial charge in [-0.2, -0.15) is 0 Å². The first kappa shape index (κ1) is 20.2. The van der Waals surface area contributed by atoms with Crippen LogP contribution in [0.1, 0.15) is 31.2 Å². The predicted octanol–water partition coefficient (Wildman–Crippen LogP) is 3.38. The number of sulfonamides is 1. The minimum atomic E-state index is -3.60. The van der Waals surface area contributed by atoms with E-state index in [-0.39, 0.29) is 25.8 Å². The van der Waals surface area contributed by atoms with Gasteiger partial charge < -0.3 is 0 Å².